The third kappa shape index (κ3) is 5.49. The number of halogens is 1. The molecule has 8 heteroatoms. The molecule has 0 saturated heterocycles. The van der Waals surface area contributed by atoms with Crippen LogP contribution in [0.1, 0.15) is 15.9 Å². The Morgan fingerprint density at radius 2 is 1.75 bits per heavy atom. The van der Waals surface area contributed by atoms with Gasteiger partial charge in [-0.25, -0.2) is 4.68 Å². The molecule has 1 aromatic heterocycles. The van der Waals surface area contributed by atoms with E-state index in [1.807, 2.05) is 42.5 Å². The van der Waals surface area contributed by atoms with Crippen LogP contribution in [0.5, 0.6) is 5.75 Å². The molecule has 0 atom stereocenters. The van der Waals surface area contributed by atoms with Gasteiger partial charge in [-0.3, -0.25) is 4.79 Å². The van der Waals surface area contributed by atoms with E-state index in [-0.39, 0.29) is 11.2 Å². The minimum Gasteiger partial charge on any atom is -0.497 e. The highest BCUT2D eigenvalue weighted by molar-refractivity contribution is 7.99. The van der Waals surface area contributed by atoms with Gasteiger partial charge in [0.25, 0.3) is 5.91 Å². The number of carbonyl (C=O) groups is 1. The average molecular weight is 465 g/mol. The lowest BCUT2D eigenvalue weighted by Gasteiger charge is -2.11. The molecule has 4 aromatic rings. The SMILES string of the molecule is COc1ccc(C(=O)Nc2ccccc2Sc2nc(Cl)nn2CCc2ccccc2)cc1. The molecular weight excluding hydrogens is 444 g/mol. The molecule has 0 radical (unpaired) electrons. The van der Waals surface area contributed by atoms with Crippen LogP contribution in [0.3, 0.4) is 0 Å². The summed E-state index contributed by atoms with van der Waals surface area (Å²) >= 11 is 7.52. The van der Waals surface area contributed by atoms with Gasteiger partial charge in [-0.1, -0.05) is 42.5 Å². The summed E-state index contributed by atoms with van der Waals surface area (Å²) in [5, 5.41) is 8.16. The molecule has 4 rings (SSSR count). The maximum absolute atomic E-state index is 12.7. The van der Waals surface area contributed by atoms with E-state index in [1.165, 1.54) is 17.3 Å². The fourth-order valence-electron chi connectivity index (χ4n) is 3.10. The second-order valence-electron chi connectivity index (χ2n) is 6.90. The summed E-state index contributed by atoms with van der Waals surface area (Å²) in [6.07, 6.45) is 0.809. The van der Waals surface area contributed by atoms with Gasteiger partial charge in [-0.05, 0) is 71.7 Å². The first-order chi connectivity index (χ1) is 15.6. The minimum absolute atomic E-state index is 0.195. The van der Waals surface area contributed by atoms with Crippen molar-refractivity contribution in [3.8, 4) is 5.75 Å². The number of ether oxygens (including phenoxy) is 1. The van der Waals surface area contributed by atoms with Crippen molar-refractivity contribution >= 4 is 35.0 Å². The number of aromatic nitrogens is 3. The Morgan fingerprint density at radius 3 is 2.50 bits per heavy atom. The highest BCUT2D eigenvalue weighted by Gasteiger charge is 2.15. The molecule has 1 amide bonds. The number of rotatable bonds is 8. The maximum atomic E-state index is 12.7. The topological polar surface area (TPSA) is 69.0 Å². The minimum atomic E-state index is -0.204. The summed E-state index contributed by atoms with van der Waals surface area (Å²) in [7, 11) is 1.59. The lowest BCUT2D eigenvalue weighted by molar-refractivity contribution is 0.102. The van der Waals surface area contributed by atoms with E-state index in [2.05, 4.69) is 27.5 Å². The van der Waals surface area contributed by atoms with Crippen LogP contribution in [-0.4, -0.2) is 27.8 Å². The summed E-state index contributed by atoms with van der Waals surface area (Å²) < 4.78 is 6.95. The van der Waals surface area contributed by atoms with Gasteiger partial charge < -0.3 is 10.1 Å². The molecule has 0 saturated carbocycles. The smallest absolute Gasteiger partial charge is 0.255 e. The molecular formula is C24H21ClN4O2S. The Labute approximate surface area is 195 Å². The standard InChI is InChI=1S/C24H21ClN4O2S/c1-31-19-13-11-18(12-14-19)22(30)26-20-9-5-6-10-21(20)32-24-27-23(25)28-29(24)16-15-17-7-3-2-4-8-17/h2-14H,15-16H2,1H3,(H,26,30). The Balaban J connectivity index is 1.50. The third-order valence-corrected chi connectivity index (χ3v) is 5.98. The highest BCUT2D eigenvalue weighted by Crippen LogP contribution is 2.33. The first-order valence-electron chi connectivity index (χ1n) is 9.99. The van der Waals surface area contributed by atoms with Crippen molar-refractivity contribution in [2.75, 3.05) is 12.4 Å². The van der Waals surface area contributed by atoms with Crippen LogP contribution < -0.4 is 10.1 Å². The van der Waals surface area contributed by atoms with E-state index in [4.69, 9.17) is 16.3 Å². The van der Waals surface area contributed by atoms with Crippen LogP contribution in [0.2, 0.25) is 5.28 Å². The molecule has 0 bridgehead atoms. The fraction of sp³-hybridized carbons (Fsp3) is 0.125. The molecule has 1 N–H and O–H groups in total. The zero-order valence-corrected chi connectivity index (χ0v) is 18.9. The summed E-state index contributed by atoms with van der Waals surface area (Å²) in [5.74, 6) is 0.494. The second-order valence-corrected chi connectivity index (χ2v) is 8.25. The molecule has 6 nitrogen and oxygen atoms in total. The van der Waals surface area contributed by atoms with E-state index in [9.17, 15) is 4.79 Å². The molecule has 32 heavy (non-hydrogen) atoms. The van der Waals surface area contributed by atoms with Gasteiger partial charge in [0.2, 0.25) is 5.28 Å². The largest absolute Gasteiger partial charge is 0.497 e. The number of amides is 1. The maximum Gasteiger partial charge on any atom is 0.255 e. The predicted octanol–water partition coefficient (Wildman–Crippen LogP) is 5.59. The first kappa shape index (κ1) is 21.9. The van der Waals surface area contributed by atoms with Gasteiger partial charge in [-0.15, -0.1) is 5.10 Å². The normalized spacial score (nSPS) is 10.7. The number of hydrogen-bond acceptors (Lipinski definition) is 5. The Morgan fingerprint density at radius 1 is 1.03 bits per heavy atom. The van der Waals surface area contributed by atoms with Crippen molar-refractivity contribution in [3.63, 3.8) is 0 Å². The van der Waals surface area contributed by atoms with Crippen molar-refractivity contribution in [2.24, 2.45) is 0 Å². The molecule has 0 aliphatic heterocycles. The zero-order chi connectivity index (χ0) is 22.3. The van der Waals surface area contributed by atoms with E-state index < -0.39 is 0 Å². The van der Waals surface area contributed by atoms with Gasteiger partial charge in [0, 0.05) is 17.0 Å². The Hall–Kier alpha value is -3.29. The number of nitrogens with one attached hydrogen (secondary N) is 1. The number of carbonyl (C=O) groups excluding carboxylic acids is 1. The predicted molar refractivity (Wildman–Crippen MR) is 127 cm³/mol. The van der Waals surface area contributed by atoms with Gasteiger partial charge in [-0.2, -0.15) is 4.98 Å². The van der Waals surface area contributed by atoms with E-state index in [1.54, 1.807) is 36.1 Å². The van der Waals surface area contributed by atoms with Crippen LogP contribution in [-0.2, 0) is 13.0 Å². The number of para-hydroxylation sites is 1. The lowest BCUT2D eigenvalue weighted by atomic mass is 10.2. The number of anilines is 1. The first-order valence-corrected chi connectivity index (χ1v) is 11.2. The second kappa shape index (κ2) is 10.3. The van der Waals surface area contributed by atoms with Crippen molar-refractivity contribution in [1.82, 2.24) is 14.8 Å². The van der Waals surface area contributed by atoms with Crippen molar-refractivity contribution in [1.29, 1.82) is 0 Å². The summed E-state index contributed by atoms with van der Waals surface area (Å²) in [6.45, 7) is 0.645. The molecule has 3 aromatic carbocycles. The summed E-state index contributed by atoms with van der Waals surface area (Å²) in [6, 6.07) is 24.7. The molecule has 0 aliphatic rings. The molecule has 0 fully saturated rings. The lowest BCUT2D eigenvalue weighted by Crippen LogP contribution is -2.12. The van der Waals surface area contributed by atoms with Crippen molar-refractivity contribution in [3.05, 3.63) is 95.3 Å². The van der Waals surface area contributed by atoms with Crippen LogP contribution in [0.4, 0.5) is 5.69 Å². The van der Waals surface area contributed by atoms with E-state index in [0.29, 0.717) is 28.7 Å². The monoisotopic (exact) mass is 464 g/mol. The number of benzene rings is 3. The van der Waals surface area contributed by atoms with Gasteiger partial charge in [0.15, 0.2) is 5.16 Å². The third-order valence-electron chi connectivity index (χ3n) is 4.76. The number of nitrogens with zero attached hydrogens (tertiary/aromatic N) is 3. The molecule has 0 spiro atoms. The van der Waals surface area contributed by atoms with Crippen molar-refractivity contribution in [2.45, 2.75) is 23.0 Å². The fourth-order valence-corrected chi connectivity index (χ4v) is 4.26. The Kier molecular flexibility index (Phi) is 7.09. The number of hydrogen-bond donors (Lipinski definition) is 1. The summed E-state index contributed by atoms with van der Waals surface area (Å²) in [5.41, 5.74) is 2.44. The van der Waals surface area contributed by atoms with Crippen molar-refractivity contribution < 1.29 is 9.53 Å². The van der Waals surface area contributed by atoms with E-state index in [0.717, 1.165) is 11.3 Å². The van der Waals surface area contributed by atoms with Crippen LogP contribution >= 0.6 is 23.4 Å². The van der Waals surface area contributed by atoms with Gasteiger partial charge in [0.1, 0.15) is 5.75 Å². The quantitative estimate of drug-likeness (QED) is 0.368. The molecule has 0 aliphatic carbocycles. The van der Waals surface area contributed by atoms with E-state index >= 15 is 0 Å². The van der Waals surface area contributed by atoms with Crippen LogP contribution in [0, 0.1) is 0 Å². The molecule has 1 heterocycles. The number of methoxy groups -OCH3 is 1. The highest BCUT2D eigenvalue weighted by atomic mass is 35.5. The molecule has 162 valence electrons. The molecule has 0 unspecified atom stereocenters. The zero-order valence-electron chi connectivity index (χ0n) is 17.4. The van der Waals surface area contributed by atoms with Gasteiger partial charge >= 0.3 is 0 Å². The van der Waals surface area contributed by atoms with Crippen LogP contribution in [0.15, 0.2) is 88.9 Å². The number of aryl methyl sites for hydroxylation is 2. The van der Waals surface area contributed by atoms with Crippen LogP contribution in [0.25, 0.3) is 0 Å². The average Bonchev–Trinajstić information content (AvgIpc) is 3.18. The summed E-state index contributed by atoms with van der Waals surface area (Å²) in [4.78, 5) is 17.9. The van der Waals surface area contributed by atoms with Gasteiger partial charge in [0.05, 0.1) is 12.8 Å². The Bertz CT molecular complexity index is 1200.